The molecule has 0 bridgehead atoms. The third kappa shape index (κ3) is 3.73. The van der Waals surface area contributed by atoms with E-state index in [1.807, 2.05) is 0 Å². The van der Waals surface area contributed by atoms with E-state index in [0.29, 0.717) is 12.5 Å². The van der Waals surface area contributed by atoms with Gasteiger partial charge in [-0.15, -0.1) is 0 Å². The Hall–Kier alpha value is -0.490. The van der Waals surface area contributed by atoms with Crippen LogP contribution in [0.2, 0.25) is 0 Å². The minimum atomic E-state index is -7.59. The fourth-order valence-electron chi connectivity index (χ4n) is 1.25. The van der Waals surface area contributed by atoms with E-state index in [9.17, 15) is 60.7 Å². The molecule has 0 aliphatic heterocycles. The first-order valence-electron chi connectivity index (χ1n) is 5.82. The van der Waals surface area contributed by atoms with E-state index < -0.39 is 62.0 Å². The number of nitrogens with zero attached hydrogens (tertiary/aromatic N) is 1. The second-order valence-electron chi connectivity index (χ2n) is 4.97. The third-order valence-electron chi connectivity index (χ3n) is 2.81. The molecule has 0 rings (SSSR count). The number of hydrogen-bond donors (Lipinski definition) is 0. The van der Waals surface area contributed by atoms with Gasteiger partial charge in [0, 0.05) is 0 Å². The van der Waals surface area contributed by atoms with Crippen molar-refractivity contribution >= 4 is 30.3 Å². The van der Waals surface area contributed by atoms with E-state index in [2.05, 4.69) is 0 Å². The normalized spacial score (nSPS) is 16.8. The van der Waals surface area contributed by atoms with Gasteiger partial charge in [0.05, 0.1) is 0 Å². The second-order valence-corrected chi connectivity index (χ2v) is 13.2. The standard InChI is InChI=1S/C8H11F10NO4S3/c1-4-24(2,3)19(25(20,21)7(15,16)5(9,10)11)26(22,23)8(17,18)6(12,13)14/h4H2,1-3H3. The molecule has 160 valence electrons. The summed E-state index contributed by atoms with van der Waals surface area (Å²) in [5, 5.41) is -13.9. The predicted molar refractivity (Wildman–Crippen MR) is 71.7 cm³/mol. The SMILES string of the molecule is CCS(C)(C)N(S(=O)(=O)C(F)(F)C(F)(F)F)S(=O)(=O)C(F)(F)C(F)(F)F. The number of rotatable bonds is 6. The third-order valence-corrected chi connectivity index (χ3v) is 12.4. The van der Waals surface area contributed by atoms with Gasteiger partial charge in [-0.3, -0.25) is 0 Å². The quantitative estimate of drug-likeness (QED) is 0.558. The fourth-order valence-corrected chi connectivity index (χ4v) is 9.46. The van der Waals surface area contributed by atoms with Gasteiger partial charge in [0.25, 0.3) is 0 Å². The van der Waals surface area contributed by atoms with Crippen LogP contribution in [0, 0.1) is 0 Å². The van der Waals surface area contributed by atoms with Crippen molar-refractivity contribution in [1.82, 2.24) is 3.12 Å². The zero-order valence-electron chi connectivity index (χ0n) is 12.8. The average Bonchev–Trinajstić information content (AvgIpc) is 2.34. The van der Waals surface area contributed by atoms with Crippen LogP contribution in [0.15, 0.2) is 0 Å². The fraction of sp³-hybridized carbons (Fsp3) is 1.00. The molecule has 0 aromatic rings. The summed E-state index contributed by atoms with van der Waals surface area (Å²) in [5.74, 6) is -0.937. The lowest BCUT2D eigenvalue weighted by molar-refractivity contribution is -0.243. The molecular formula is C8H11F10NO4S3. The maximum absolute atomic E-state index is 13.3. The summed E-state index contributed by atoms with van der Waals surface area (Å²) in [6.07, 6.45) is -13.3. The zero-order valence-corrected chi connectivity index (χ0v) is 15.2. The molecule has 0 spiro atoms. The van der Waals surface area contributed by atoms with E-state index in [0.717, 1.165) is 6.92 Å². The molecule has 26 heavy (non-hydrogen) atoms. The van der Waals surface area contributed by atoms with Crippen LogP contribution in [-0.2, 0) is 20.0 Å². The minimum Gasteiger partial charge on any atom is -0.204 e. The summed E-state index contributed by atoms with van der Waals surface area (Å²) >= 11 is 0. The molecule has 0 unspecified atom stereocenters. The van der Waals surface area contributed by atoms with E-state index in [4.69, 9.17) is 0 Å². The van der Waals surface area contributed by atoms with Crippen LogP contribution in [0.1, 0.15) is 6.92 Å². The van der Waals surface area contributed by atoms with Gasteiger partial charge in [-0.05, 0) is 21.4 Å². The smallest absolute Gasteiger partial charge is 0.204 e. The first-order chi connectivity index (χ1) is 10.9. The Morgan fingerprint density at radius 1 is 0.654 bits per heavy atom. The summed E-state index contributed by atoms with van der Waals surface area (Å²) in [7, 11) is -19.2. The van der Waals surface area contributed by atoms with Crippen LogP contribution >= 0.6 is 10.2 Å². The molecule has 0 atom stereocenters. The predicted octanol–water partition coefficient (Wildman–Crippen LogP) is 3.26. The number of alkyl halides is 10. The number of sulfonamides is 2. The molecule has 5 nitrogen and oxygen atoms in total. The van der Waals surface area contributed by atoms with E-state index in [1.165, 1.54) is 0 Å². The van der Waals surface area contributed by atoms with Crippen LogP contribution < -0.4 is 0 Å². The van der Waals surface area contributed by atoms with Crippen molar-refractivity contribution in [3.63, 3.8) is 0 Å². The summed E-state index contributed by atoms with van der Waals surface area (Å²) < 4.78 is 172. The topological polar surface area (TPSA) is 71.5 Å². The first-order valence-corrected chi connectivity index (χ1v) is 11.3. The average molecular weight is 471 g/mol. The lowest BCUT2D eigenvalue weighted by atomic mass is 10.7. The summed E-state index contributed by atoms with van der Waals surface area (Å²) in [4.78, 5) is 0. The second kappa shape index (κ2) is 6.54. The van der Waals surface area contributed by atoms with Gasteiger partial charge >= 0.3 is 42.9 Å². The van der Waals surface area contributed by atoms with Crippen molar-refractivity contribution in [2.45, 2.75) is 29.8 Å². The molecule has 0 aliphatic rings. The molecule has 18 heteroatoms. The highest BCUT2D eigenvalue weighted by Gasteiger charge is 2.77. The molecule has 0 saturated heterocycles. The first kappa shape index (κ1) is 25.5. The van der Waals surface area contributed by atoms with Gasteiger partial charge in [-0.1, -0.05) is 6.92 Å². The maximum atomic E-state index is 13.3. The van der Waals surface area contributed by atoms with Crippen LogP contribution in [0.5, 0.6) is 0 Å². The Morgan fingerprint density at radius 3 is 1.04 bits per heavy atom. The van der Waals surface area contributed by atoms with Crippen LogP contribution in [0.25, 0.3) is 0 Å². The highest BCUT2D eigenvalue weighted by atomic mass is 32.4. The highest BCUT2D eigenvalue weighted by Crippen LogP contribution is 2.57. The van der Waals surface area contributed by atoms with Crippen molar-refractivity contribution in [3.05, 3.63) is 0 Å². The minimum absolute atomic E-state index is 0.362. The van der Waals surface area contributed by atoms with Crippen molar-refractivity contribution in [3.8, 4) is 0 Å². The molecular weight excluding hydrogens is 460 g/mol. The lowest BCUT2D eigenvalue weighted by Gasteiger charge is -2.42. The van der Waals surface area contributed by atoms with E-state index in [-0.39, 0.29) is 0 Å². The van der Waals surface area contributed by atoms with Gasteiger partial charge in [0.2, 0.25) is 0 Å². The largest absolute Gasteiger partial charge is 0.471 e. The molecule has 0 aromatic carbocycles. The van der Waals surface area contributed by atoms with Crippen molar-refractivity contribution in [2.24, 2.45) is 0 Å². The van der Waals surface area contributed by atoms with Crippen LogP contribution in [0.3, 0.4) is 0 Å². The van der Waals surface area contributed by atoms with Gasteiger partial charge in [-0.2, -0.15) is 54.1 Å². The van der Waals surface area contributed by atoms with Crippen molar-refractivity contribution < 1.29 is 60.7 Å². The molecule has 0 saturated carbocycles. The molecule has 0 heterocycles. The van der Waals surface area contributed by atoms with E-state index >= 15 is 0 Å². The molecule has 0 N–H and O–H groups in total. The molecule has 0 amide bonds. The number of hydrogen-bond acceptors (Lipinski definition) is 4. The van der Waals surface area contributed by atoms with E-state index in [1.54, 1.807) is 0 Å². The summed E-state index contributed by atoms with van der Waals surface area (Å²) in [6.45, 7) is 0.796. The van der Waals surface area contributed by atoms with Crippen LogP contribution in [0.4, 0.5) is 43.9 Å². The van der Waals surface area contributed by atoms with Gasteiger partial charge in [0.15, 0.2) is 0 Å². The molecule has 0 fully saturated rings. The maximum Gasteiger partial charge on any atom is 0.471 e. The monoisotopic (exact) mass is 471 g/mol. The Labute approximate surface area is 142 Å². The van der Waals surface area contributed by atoms with Gasteiger partial charge in [-0.25, -0.2) is 16.8 Å². The summed E-state index contributed by atoms with van der Waals surface area (Å²) in [5.41, 5.74) is 0. The Morgan fingerprint density at radius 2 is 0.885 bits per heavy atom. The lowest BCUT2D eigenvalue weighted by Crippen LogP contribution is -2.59. The zero-order chi connectivity index (χ0) is 21.8. The molecule has 0 aliphatic carbocycles. The van der Waals surface area contributed by atoms with Crippen molar-refractivity contribution in [2.75, 3.05) is 18.3 Å². The molecule has 0 radical (unpaired) electrons. The summed E-state index contributed by atoms with van der Waals surface area (Å²) in [6, 6.07) is 0. The highest BCUT2D eigenvalue weighted by molar-refractivity contribution is 8.40. The Kier molecular flexibility index (Phi) is 6.42. The van der Waals surface area contributed by atoms with Crippen molar-refractivity contribution in [1.29, 1.82) is 0 Å². The van der Waals surface area contributed by atoms with Gasteiger partial charge < -0.3 is 0 Å². The Balaban J connectivity index is 7.09. The Bertz CT molecular complexity index is 681. The number of halogens is 10. The molecule has 0 aromatic heterocycles. The van der Waals surface area contributed by atoms with Gasteiger partial charge in [0.1, 0.15) is 0 Å². The van der Waals surface area contributed by atoms with Crippen LogP contribution in [-0.4, -0.2) is 61.1 Å².